The fourth-order valence-corrected chi connectivity index (χ4v) is 7.48. The van der Waals surface area contributed by atoms with Crippen molar-refractivity contribution in [3.05, 3.63) is 170 Å². The van der Waals surface area contributed by atoms with Gasteiger partial charge in [-0.2, -0.15) is 0 Å². The van der Waals surface area contributed by atoms with E-state index in [1.807, 2.05) is 21.1 Å². The van der Waals surface area contributed by atoms with Gasteiger partial charge in [-0.1, -0.05) is 229 Å². The van der Waals surface area contributed by atoms with Crippen molar-refractivity contribution in [2.75, 3.05) is 47.5 Å². The number of likely N-dealkylation sites (N-methyl/N-ethyl adjacent to an activating group) is 1. The van der Waals surface area contributed by atoms with E-state index in [0.29, 0.717) is 17.4 Å². The second-order valence-corrected chi connectivity index (χ2v) is 20.9. The number of nitrogens with zero attached hydrogens (tertiary/aromatic N) is 1. The van der Waals surface area contributed by atoms with Crippen molar-refractivity contribution >= 4 is 17.9 Å². The number of carboxylic acid groups (broad SMARTS) is 1. The number of hydrogen-bond acceptors (Lipinski definition) is 7. The van der Waals surface area contributed by atoms with E-state index < -0.39 is 24.3 Å². The van der Waals surface area contributed by atoms with E-state index in [4.69, 9.17) is 18.9 Å². The number of rotatable bonds is 54. The first kappa shape index (κ1) is 74.7. The summed E-state index contributed by atoms with van der Waals surface area (Å²) < 4.78 is 22.8. The van der Waals surface area contributed by atoms with Crippen LogP contribution in [0.3, 0.4) is 0 Å². The van der Waals surface area contributed by atoms with E-state index in [0.717, 1.165) is 154 Å². The van der Waals surface area contributed by atoms with Crippen LogP contribution in [0.1, 0.15) is 200 Å². The third-order valence-corrected chi connectivity index (χ3v) is 12.2. The molecule has 1 N–H and O–H groups in total. The maximum Gasteiger partial charge on any atom is 0.361 e. The monoisotopic (exact) mass is 1110 g/mol. The molecule has 0 spiro atoms. The first-order valence-electron chi connectivity index (χ1n) is 30.8. The highest BCUT2D eigenvalue weighted by atomic mass is 16.7. The molecule has 9 heteroatoms. The zero-order valence-corrected chi connectivity index (χ0v) is 50.9. The van der Waals surface area contributed by atoms with Gasteiger partial charge in [-0.3, -0.25) is 9.59 Å². The van der Waals surface area contributed by atoms with Gasteiger partial charge in [-0.05, 0) is 128 Å². The molecule has 0 rings (SSSR count). The molecule has 0 aromatic heterocycles. The van der Waals surface area contributed by atoms with E-state index in [9.17, 15) is 19.5 Å². The molecule has 9 nitrogen and oxygen atoms in total. The van der Waals surface area contributed by atoms with E-state index >= 15 is 0 Å². The molecule has 0 aliphatic carbocycles. The molecule has 0 bridgehead atoms. The highest BCUT2D eigenvalue weighted by Crippen LogP contribution is 2.12. The minimum atomic E-state index is -1.53. The van der Waals surface area contributed by atoms with E-state index in [-0.39, 0.29) is 38.6 Å². The van der Waals surface area contributed by atoms with Crippen LogP contribution in [0.2, 0.25) is 0 Å². The number of carboxylic acids is 1. The van der Waals surface area contributed by atoms with Crippen molar-refractivity contribution in [1.82, 2.24) is 0 Å². The standard InChI is InChI=1S/C71H111NO8/c1-6-8-10-12-14-16-18-20-22-23-24-25-26-27-28-29-30-31-32-33-34-35-36-37-38-39-40-41-42-43-44-45-46-47-48-50-52-54-56-58-60-62-69(74)80-67(66-79-71(70(75)76)77-64-63-72(3,4)5)65-78-68(73)61-59-57-55-53-51-49-21-19-17-15-13-11-9-7-2/h8,10,13-16,19-22,24-25,27-28,30-31,33-34,36-37,39-40,42-43,45-46,48,50,67,71H,6-7,9,11-12,17-18,23,26,29,32,35,38,41,44,47,49,51-66H2,1-5H3/p+1/b10-8-,15-13-,16-14-,21-19-,22-20-,25-24-,28-27-,31-30-,34-33-,37-36-,40-39-,43-42-,46-45-,50-48-. The van der Waals surface area contributed by atoms with Crippen molar-refractivity contribution < 1.29 is 42.9 Å². The number of unbranched alkanes of at least 4 members (excludes halogenated alkanes) is 11. The predicted octanol–water partition coefficient (Wildman–Crippen LogP) is 18.7. The van der Waals surface area contributed by atoms with Crippen LogP contribution in [-0.2, 0) is 33.3 Å². The van der Waals surface area contributed by atoms with Gasteiger partial charge >= 0.3 is 17.9 Å². The number of carbonyl (C=O) groups excluding carboxylic acids is 2. The zero-order chi connectivity index (χ0) is 58.3. The van der Waals surface area contributed by atoms with Crippen molar-refractivity contribution in [2.45, 2.75) is 212 Å². The summed E-state index contributed by atoms with van der Waals surface area (Å²) in [6.07, 6.45) is 87.3. The number of ether oxygens (including phenoxy) is 4. The highest BCUT2D eigenvalue weighted by molar-refractivity contribution is 5.71. The Labute approximate surface area is 488 Å². The second kappa shape index (κ2) is 59.8. The first-order chi connectivity index (χ1) is 39.1. The Morgan fingerprint density at radius 1 is 0.388 bits per heavy atom. The number of esters is 2. The van der Waals surface area contributed by atoms with Gasteiger partial charge in [0.2, 0.25) is 0 Å². The molecule has 2 unspecified atom stereocenters. The molecule has 0 aromatic rings. The molecule has 0 heterocycles. The zero-order valence-electron chi connectivity index (χ0n) is 50.9. The molecule has 0 saturated heterocycles. The van der Waals surface area contributed by atoms with Crippen molar-refractivity contribution in [3.8, 4) is 0 Å². The number of quaternary nitrogens is 1. The molecular weight excluding hydrogens is 995 g/mol. The third kappa shape index (κ3) is 60.3. The van der Waals surface area contributed by atoms with Crippen LogP contribution in [0, 0.1) is 0 Å². The second-order valence-electron chi connectivity index (χ2n) is 20.9. The lowest BCUT2D eigenvalue weighted by Crippen LogP contribution is -2.40. The van der Waals surface area contributed by atoms with E-state index in [2.05, 4.69) is 184 Å². The Hall–Kier alpha value is -5.35. The number of carbonyl (C=O) groups is 3. The largest absolute Gasteiger partial charge is 0.477 e. The van der Waals surface area contributed by atoms with Crippen LogP contribution < -0.4 is 0 Å². The molecule has 0 aliphatic heterocycles. The maximum atomic E-state index is 12.9. The summed E-state index contributed by atoms with van der Waals surface area (Å²) in [5.41, 5.74) is 0. The quantitative estimate of drug-likeness (QED) is 0.0211. The lowest BCUT2D eigenvalue weighted by Gasteiger charge is -2.25. The highest BCUT2D eigenvalue weighted by Gasteiger charge is 2.25. The van der Waals surface area contributed by atoms with Crippen molar-refractivity contribution in [1.29, 1.82) is 0 Å². The average molecular weight is 1110 g/mol. The minimum Gasteiger partial charge on any atom is -0.477 e. The van der Waals surface area contributed by atoms with Crippen LogP contribution in [-0.4, -0.2) is 87.4 Å². The molecule has 0 fully saturated rings. The van der Waals surface area contributed by atoms with Crippen molar-refractivity contribution in [2.24, 2.45) is 0 Å². The Morgan fingerprint density at radius 3 is 1.06 bits per heavy atom. The summed E-state index contributed by atoms with van der Waals surface area (Å²) >= 11 is 0. The van der Waals surface area contributed by atoms with Crippen LogP contribution >= 0.6 is 0 Å². The Morgan fingerprint density at radius 2 is 0.713 bits per heavy atom. The molecule has 0 aliphatic rings. The summed E-state index contributed by atoms with van der Waals surface area (Å²) in [6.45, 7) is 4.64. The molecule has 448 valence electrons. The number of aliphatic carboxylic acids is 1. The molecule has 0 amide bonds. The van der Waals surface area contributed by atoms with Gasteiger partial charge in [0, 0.05) is 12.8 Å². The SMILES string of the molecule is CC/C=C\C/C=C\C/C=C\C/C=C\C/C=C\C/C=C\C/C=C\C/C=C\C/C=C\C/C=C\C/C=C\C/C=C\CCCCCCC(=O)OC(COC(=O)CCCCCCC/C=C\C/C=C\CCCC)COC(OCC[N+](C)(C)C)C(=O)O. The molecule has 0 radical (unpaired) electrons. The Balaban J connectivity index is 4.25. The average Bonchev–Trinajstić information content (AvgIpc) is 3.43. The van der Waals surface area contributed by atoms with Gasteiger partial charge in [0.15, 0.2) is 6.10 Å². The maximum absolute atomic E-state index is 12.9. The van der Waals surface area contributed by atoms with Gasteiger partial charge in [-0.25, -0.2) is 4.79 Å². The van der Waals surface area contributed by atoms with E-state index in [1.165, 1.54) is 12.8 Å². The van der Waals surface area contributed by atoms with Gasteiger partial charge < -0.3 is 28.5 Å². The van der Waals surface area contributed by atoms with Gasteiger partial charge in [0.25, 0.3) is 6.29 Å². The predicted molar refractivity (Wildman–Crippen MR) is 340 cm³/mol. The van der Waals surface area contributed by atoms with Crippen LogP contribution in [0.4, 0.5) is 0 Å². The number of allylic oxidation sites excluding steroid dienone is 28. The minimum absolute atomic E-state index is 0.171. The smallest absolute Gasteiger partial charge is 0.361 e. The van der Waals surface area contributed by atoms with Crippen LogP contribution in [0.5, 0.6) is 0 Å². The first-order valence-corrected chi connectivity index (χ1v) is 30.8. The van der Waals surface area contributed by atoms with Gasteiger partial charge in [-0.15, -0.1) is 0 Å². The normalized spacial score (nSPS) is 14.0. The fourth-order valence-electron chi connectivity index (χ4n) is 7.48. The molecule has 2 atom stereocenters. The summed E-state index contributed by atoms with van der Waals surface area (Å²) in [7, 11) is 5.94. The van der Waals surface area contributed by atoms with Crippen LogP contribution in [0.25, 0.3) is 0 Å². The van der Waals surface area contributed by atoms with Gasteiger partial charge in [0.1, 0.15) is 13.2 Å². The summed E-state index contributed by atoms with van der Waals surface area (Å²) in [6, 6.07) is 0. The fraction of sp³-hybridized carbons (Fsp3) is 0.563. The molecule has 0 saturated carbocycles. The Kier molecular flexibility index (Phi) is 55.8. The molecule has 80 heavy (non-hydrogen) atoms. The number of hydrogen-bond donors (Lipinski definition) is 1. The molecular formula is C71H112NO8+. The third-order valence-electron chi connectivity index (χ3n) is 12.2. The molecule has 0 aromatic carbocycles. The van der Waals surface area contributed by atoms with E-state index in [1.54, 1.807) is 0 Å². The topological polar surface area (TPSA) is 108 Å². The van der Waals surface area contributed by atoms with Crippen molar-refractivity contribution in [3.63, 3.8) is 0 Å². The summed E-state index contributed by atoms with van der Waals surface area (Å²) in [4.78, 5) is 37.4. The van der Waals surface area contributed by atoms with Gasteiger partial charge in [0.05, 0.1) is 34.4 Å². The van der Waals surface area contributed by atoms with Crippen LogP contribution in [0.15, 0.2) is 170 Å². The summed E-state index contributed by atoms with van der Waals surface area (Å²) in [5.74, 6) is -2.08. The lowest BCUT2D eigenvalue weighted by atomic mass is 10.1. The summed E-state index contributed by atoms with van der Waals surface area (Å²) in [5, 5.41) is 9.69. The Bertz CT molecular complexity index is 1910. The lowest BCUT2D eigenvalue weighted by molar-refractivity contribution is -0.870.